The Kier molecular flexibility index (Phi) is 6.19. The molecule has 0 spiro atoms. The molecular formula is C24H33N3O2S. The Morgan fingerprint density at radius 2 is 1.70 bits per heavy atom. The minimum absolute atomic E-state index is 0.0682. The van der Waals surface area contributed by atoms with Gasteiger partial charge in [0.1, 0.15) is 0 Å². The van der Waals surface area contributed by atoms with Gasteiger partial charge >= 0.3 is 0 Å². The van der Waals surface area contributed by atoms with Crippen LogP contribution in [-0.2, 0) is 29.3 Å². The fourth-order valence-electron chi connectivity index (χ4n) is 4.68. The number of nitrogens with one attached hydrogen (secondary N) is 1. The highest BCUT2D eigenvalue weighted by molar-refractivity contribution is 7.89. The summed E-state index contributed by atoms with van der Waals surface area (Å²) in [6, 6.07) is 11.6. The van der Waals surface area contributed by atoms with E-state index < -0.39 is 10.0 Å². The number of anilines is 1. The van der Waals surface area contributed by atoms with Crippen LogP contribution in [0.1, 0.15) is 35.6 Å². The molecule has 1 N–H and O–H groups in total. The smallest absolute Gasteiger partial charge is 0.240 e. The van der Waals surface area contributed by atoms with Gasteiger partial charge in [-0.2, -0.15) is 0 Å². The zero-order valence-corrected chi connectivity index (χ0v) is 19.1. The molecule has 1 heterocycles. The summed E-state index contributed by atoms with van der Waals surface area (Å²) in [5.74, 6) is 0. The number of likely N-dealkylation sites (N-methyl/N-ethyl adjacent to an activating group) is 1. The molecule has 162 valence electrons. The van der Waals surface area contributed by atoms with E-state index in [1.54, 1.807) is 12.1 Å². The SMILES string of the molecule is CCc1ccc(S(=O)(=O)N[C@@H]2CCc3c(C)ccc(N4CCN(C)CC4)c3C2)cc1. The molecule has 1 fully saturated rings. The van der Waals surface area contributed by atoms with Gasteiger partial charge in [0.05, 0.1) is 4.90 Å². The molecule has 0 bridgehead atoms. The third kappa shape index (κ3) is 4.41. The summed E-state index contributed by atoms with van der Waals surface area (Å²) < 4.78 is 28.9. The fourth-order valence-corrected chi connectivity index (χ4v) is 5.95. The largest absolute Gasteiger partial charge is 0.369 e. The van der Waals surface area contributed by atoms with E-state index in [1.807, 2.05) is 12.1 Å². The van der Waals surface area contributed by atoms with Crippen LogP contribution >= 0.6 is 0 Å². The summed E-state index contributed by atoms with van der Waals surface area (Å²) in [6.07, 6.45) is 3.42. The Morgan fingerprint density at radius 3 is 2.37 bits per heavy atom. The lowest BCUT2D eigenvalue weighted by atomic mass is 9.84. The van der Waals surface area contributed by atoms with Gasteiger partial charge in [0.2, 0.25) is 10.0 Å². The van der Waals surface area contributed by atoms with E-state index in [9.17, 15) is 8.42 Å². The lowest BCUT2D eigenvalue weighted by Gasteiger charge is -2.37. The maximum Gasteiger partial charge on any atom is 0.240 e. The monoisotopic (exact) mass is 427 g/mol. The predicted octanol–water partition coefficient (Wildman–Crippen LogP) is 3.15. The van der Waals surface area contributed by atoms with E-state index in [0.29, 0.717) is 4.90 Å². The minimum Gasteiger partial charge on any atom is -0.369 e. The van der Waals surface area contributed by atoms with Crippen molar-refractivity contribution in [2.75, 3.05) is 38.1 Å². The molecule has 1 aliphatic heterocycles. The van der Waals surface area contributed by atoms with Crippen LogP contribution in [0.15, 0.2) is 41.3 Å². The van der Waals surface area contributed by atoms with Crippen LogP contribution in [0.25, 0.3) is 0 Å². The molecule has 2 aromatic carbocycles. The van der Waals surface area contributed by atoms with Gasteiger partial charge in [-0.25, -0.2) is 13.1 Å². The molecule has 0 saturated carbocycles. The highest BCUT2D eigenvalue weighted by Gasteiger charge is 2.28. The molecule has 30 heavy (non-hydrogen) atoms. The van der Waals surface area contributed by atoms with Crippen LogP contribution in [-0.4, -0.2) is 52.6 Å². The Labute approximate surface area is 181 Å². The van der Waals surface area contributed by atoms with Gasteiger partial charge in [-0.15, -0.1) is 0 Å². The number of sulfonamides is 1. The van der Waals surface area contributed by atoms with E-state index in [1.165, 1.54) is 22.4 Å². The van der Waals surface area contributed by atoms with Gasteiger partial charge in [0.15, 0.2) is 0 Å². The van der Waals surface area contributed by atoms with Crippen LogP contribution in [0.5, 0.6) is 0 Å². The third-order valence-electron chi connectivity index (χ3n) is 6.64. The average Bonchev–Trinajstić information content (AvgIpc) is 2.74. The van der Waals surface area contributed by atoms with Gasteiger partial charge in [0, 0.05) is 37.9 Å². The molecular weight excluding hydrogens is 394 g/mol. The van der Waals surface area contributed by atoms with Crippen molar-refractivity contribution in [3.8, 4) is 0 Å². The van der Waals surface area contributed by atoms with Crippen molar-refractivity contribution >= 4 is 15.7 Å². The molecule has 0 amide bonds. The standard InChI is InChI=1S/C24H33N3O2S/c1-4-19-6-9-21(10-7-19)30(28,29)25-20-8-11-22-18(2)5-12-24(23(22)17-20)27-15-13-26(3)14-16-27/h5-7,9-10,12,20,25H,4,8,11,13-17H2,1-3H3/t20-/m1/s1. The van der Waals surface area contributed by atoms with Crippen molar-refractivity contribution < 1.29 is 8.42 Å². The first-order valence-electron chi connectivity index (χ1n) is 11.0. The van der Waals surface area contributed by atoms with E-state index in [0.717, 1.165) is 57.4 Å². The number of fused-ring (bicyclic) bond motifs is 1. The summed E-state index contributed by atoms with van der Waals surface area (Å²) >= 11 is 0. The molecule has 0 unspecified atom stereocenters. The van der Waals surface area contributed by atoms with Gasteiger partial charge in [-0.05, 0) is 80.1 Å². The summed E-state index contributed by atoms with van der Waals surface area (Å²) in [4.78, 5) is 5.19. The van der Waals surface area contributed by atoms with E-state index >= 15 is 0 Å². The van der Waals surface area contributed by atoms with Crippen molar-refractivity contribution in [3.05, 3.63) is 58.7 Å². The molecule has 2 aromatic rings. The second kappa shape index (κ2) is 8.69. The number of piperazine rings is 1. The molecule has 2 aliphatic rings. The Bertz CT molecular complexity index is 994. The van der Waals surface area contributed by atoms with Crippen molar-refractivity contribution in [2.45, 2.75) is 50.5 Å². The number of nitrogens with zero attached hydrogens (tertiary/aromatic N) is 2. The van der Waals surface area contributed by atoms with Gasteiger partial charge in [0.25, 0.3) is 0 Å². The molecule has 1 aliphatic carbocycles. The Balaban J connectivity index is 1.55. The van der Waals surface area contributed by atoms with E-state index in [2.05, 4.69) is 47.5 Å². The topological polar surface area (TPSA) is 52.7 Å². The molecule has 6 heteroatoms. The van der Waals surface area contributed by atoms with Gasteiger partial charge in [-0.1, -0.05) is 25.1 Å². The highest BCUT2D eigenvalue weighted by atomic mass is 32.2. The zero-order valence-electron chi connectivity index (χ0n) is 18.3. The van der Waals surface area contributed by atoms with E-state index in [4.69, 9.17) is 0 Å². The highest BCUT2D eigenvalue weighted by Crippen LogP contribution is 2.34. The van der Waals surface area contributed by atoms with Crippen LogP contribution in [0.2, 0.25) is 0 Å². The van der Waals surface area contributed by atoms with Crippen LogP contribution in [0.4, 0.5) is 5.69 Å². The first-order chi connectivity index (χ1) is 14.4. The summed E-state index contributed by atoms with van der Waals surface area (Å²) in [5, 5.41) is 0. The van der Waals surface area contributed by atoms with Gasteiger partial charge < -0.3 is 9.80 Å². The zero-order chi connectivity index (χ0) is 21.3. The second-order valence-corrected chi connectivity index (χ2v) is 10.4. The van der Waals surface area contributed by atoms with Crippen molar-refractivity contribution in [1.29, 1.82) is 0 Å². The Hall–Kier alpha value is -1.89. The number of aryl methyl sites for hydroxylation is 2. The molecule has 5 nitrogen and oxygen atoms in total. The first-order valence-corrected chi connectivity index (χ1v) is 12.5. The van der Waals surface area contributed by atoms with E-state index in [-0.39, 0.29) is 6.04 Å². The van der Waals surface area contributed by atoms with Crippen molar-refractivity contribution in [1.82, 2.24) is 9.62 Å². The number of hydrogen-bond donors (Lipinski definition) is 1. The lowest BCUT2D eigenvalue weighted by Crippen LogP contribution is -2.45. The Morgan fingerprint density at radius 1 is 1.00 bits per heavy atom. The molecule has 4 rings (SSSR count). The number of rotatable bonds is 5. The third-order valence-corrected chi connectivity index (χ3v) is 8.18. The van der Waals surface area contributed by atoms with Crippen LogP contribution in [0.3, 0.4) is 0 Å². The quantitative estimate of drug-likeness (QED) is 0.797. The van der Waals surface area contributed by atoms with Crippen molar-refractivity contribution in [3.63, 3.8) is 0 Å². The summed E-state index contributed by atoms with van der Waals surface area (Å²) in [7, 11) is -1.35. The molecule has 1 saturated heterocycles. The van der Waals surface area contributed by atoms with Crippen LogP contribution in [0, 0.1) is 6.92 Å². The molecule has 0 aromatic heterocycles. The molecule has 1 atom stereocenters. The average molecular weight is 428 g/mol. The normalized spacial score (nSPS) is 20.2. The summed E-state index contributed by atoms with van der Waals surface area (Å²) in [6.45, 7) is 8.41. The number of hydrogen-bond acceptors (Lipinski definition) is 4. The fraction of sp³-hybridized carbons (Fsp3) is 0.500. The lowest BCUT2D eigenvalue weighted by molar-refractivity contribution is 0.312. The second-order valence-electron chi connectivity index (χ2n) is 8.71. The maximum absolute atomic E-state index is 13.0. The minimum atomic E-state index is -3.51. The predicted molar refractivity (Wildman–Crippen MR) is 123 cm³/mol. The maximum atomic E-state index is 13.0. The van der Waals surface area contributed by atoms with Crippen molar-refractivity contribution in [2.24, 2.45) is 0 Å². The van der Waals surface area contributed by atoms with Gasteiger partial charge in [-0.3, -0.25) is 0 Å². The summed E-state index contributed by atoms with van der Waals surface area (Å²) in [5.41, 5.74) is 6.50. The molecule has 0 radical (unpaired) electrons. The first kappa shape index (κ1) is 21.3. The van der Waals surface area contributed by atoms with Crippen LogP contribution < -0.4 is 9.62 Å². The number of benzene rings is 2.